The fraction of sp³-hybridized carbons (Fsp3) is 0.0588. The van der Waals surface area contributed by atoms with Crippen LogP contribution in [0.15, 0.2) is 53.4 Å². The van der Waals surface area contributed by atoms with Crippen LogP contribution < -0.4 is 14.8 Å². The third-order valence-corrected chi connectivity index (χ3v) is 3.93. The van der Waals surface area contributed by atoms with E-state index in [1.54, 1.807) is 25.3 Å². The normalized spacial score (nSPS) is 15.6. The summed E-state index contributed by atoms with van der Waals surface area (Å²) in [5.41, 5.74) is 0.819. The molecular formula is C17H13NO4S. The van der Waals surface area contributed by atoms with E-state index in [4.69, 9.17) is 9.47 Å². The highest BCUT2D eigenvalue weighted by Crippen LogP contribution is 2.27. The minimum absolute atomic E-state index is 0.347. The lowest BCUT2D eigenvalue weighted by molar-refractivity contribution is -0.115. The average molecular weight is 327 g/mol. The Morgan fingerprint density at radius 2 is 1.48 bits per heavy atom. The van der Waals surface area contributed by atoms with E-state index in [-0.39, 0.29) is 11.1 Å². The average Bonchev–Trinajstić information content (AvgIpc) is 2.87. The van der Waals surface area contributed by atoms with Gasteiger partial charge in [-0.1, -0.05) is 12.1 Å². The third-order valence-electron chi connectivity index (χ3n) is 3.12. The van der Waals surface area contributed by atoms with Crippen molar-refractivity contribution in [3.05, 3.63) is 59.0 Å². The lowest BCUT2D eigenvalue weighted by Crippen LogP contribution is -2.17. The molecule has 0 aromatic heterocycles. The number of thioether (sulfide) groups is 1. The highest BCUT2D eigenvalue weighted by molar-refractivity contribution is 8.18. The van der Waals surface area contributed by atoms with E-state index >= 15 is 0 Å². The molecule has 1 fully saturated rings. The number of rotatable bonds is 4. The maximum Gasteiger partial charge on any atom is 0.290 e. The van der Waals surface area contributed by atoms with Crippen LogP contribution in [0.2, 0.25) is 0 Å². The first-order chi connectivity index (χ1) is 11.1. The minimum Gasteiger partial charge on any atom is -0.497 e. The Labute approximate surface area is 137 Å². The highest BCUT2D eigenvalue weighted by Gasteiger charge is 2.24. The van der Waals surface area contributed by atoms with Crippen LogP contribution in [-0.2, 0) is 4.79 Å². The zero-order valence-electron chi connectivity index (χ0n) is 12.2. The lowest BCUT2D eigenvalue weighted by Gasteiger charge is -2.07. The molecule has 2 aromatic rings. The Balaban J connectivity index is 1.70. The predicted octanol–water partition coefficient (Wildman–Crippen LogP) is 3.81. The Bertz CT molecular complexity index is 766. The number of methoxy groups -OCH3 is 1. The van der Waals surface area contributed by atoms with Gasteiger partial charge in [0.05, 0.1) is 12.0 Å². The Hall–Kier alpha value is -2.73. The molecule has 0 aliphatic carbocycles. The van der Waals surface area contributed by atoms with Crippen LogP contribution in [0.25, 0.3) is 6.08 Å². The molecule has 1 aliphatic heterocycles. The first-order valence-electron chi connectivity index (χ1n) is 6.81. The van der Waals surface area contributed by atoms with Crippen molar-refractivity contribution in [1.82, 2.24) is 5.32 Å². The van der Waals surface area contributed by atoms with Gasteiger partial charge in [0.15, 0.2) is 0 Å². The zero-order valence-corrected chi connectivity index (χ0v) is 13.1. The summed E-state index contributed by atoms with van der Waals surface area (Å²) in [4.78, 5) is 23.0. The van der Waals surface area contributed by atoms with Crippen LogP contribution in [0.1, 0.15) is 5.56 Å². The molecule has 0 unspecified atom stereocenters. The number of hydrogen-bond acceptors (Lipinski definition) is 5. The fourth-order valence-corrected chi connectivity index (χ4v) is 2.67. The van der Waals surface area contributed by atoms with Crippen molar-refractivity contribution < 1.29 is 19.1 Å². The molecule has 6 heteroatoms. The molecule has 5 nitrogen and oxygen atoms in total. The third kappa shape index (κ3) is 3.73. The van der Waals surface area contributed by atoms with Crippen molar-refractivity contribution in [2.24, 2.45) is 0 Å². The second kappa shape index (κ2) is 6.58. The molecule has 0 atom stereocenters. The first-order valence-corrected chi connectivity index (χ1v) is 7.62. The van der Waals surface area contributed by atoms with Gasteiger partial charge in [-0.3, -0.25) is 14.9 Å². The van der Waals surface area contributed by atoms with Gasteiger partial charge in [0.25, 0.3) is 11.1 Å². The van der Waals surface area contributed by atoms with Crippen molar-refractivity contribution in [3.8, 4) is 17.2 Å². The molecule has 2 amide bonds. The first kappa shape index (κ1) is 15.2. The van der Waals surface area contributed by atoms with Gasteiger partial charge in [-0.15, -0.1) is 0 Å². The topological polar surface area (TPSA) is 64.6 Å². The number of hydrogen-bond donors (Lipinski definition) is 1. The summed E-state index contributed by atoms with van der Waals surface area (Å²) in [5, 5.41) is 1.88. The van der Waals surface area contributed by atoms with E-state index in [0.717, 1.165) is 23.1 Å². The summed E-state index contributed by atoms with van der Waals surface area (Å²) in [5.74, 6) is 1.78. The fourth-order valence-electron chi connectivity index (χ4n) is 1.98. The van der Waals surface area contributed by atoms with E-state index in [9.17, 15) is 9.59 Å². The van der Waals surface area contributed by atoms with Gasteiger partial charge >= 0.3 is 0 Å². The monoisotopic (exact) mass is 327 g/mol. The highest BCUT2D eigenvalue weighted by atomic mass is 32.2. The standard InChI is InChI=1S/C17H13NO4S/c1-21-12-6-8-14(9-7-12)22-13-4-2-11(3-5-13)10-15-16(19)18-17(20)23-15/h2-10H,1H3,(H,18,19,20). The number of imide groups is 1. The summed E-state index contributed by atoms with van der Waals surface area (Å²) < 4.78 is 10.8. The van der Waals surface area contributed by atoms with E-state index in [1.807, 2.05) is 36.4 Å². The summed E-state index contributed by atoms with van der Waals surface area (Å²) in [6.07, 6.45) is 1.67. The van der Waals surface area contributed by atoms with Crippen molar-refractivity contribution in [2.75, 3.05) is 7.11 Å². The van der Waals surface area contributed by atoms with Crippen molar-refractivity contribution in [1.29, 1.82) is 0 Å². The molecule has 0 bridgehead atoms. The molecule has 1 saturated heterocycles. The number of amides is 2. The van der Waals surface area contributed by atoms with Gasteiger partial charge in [0.2, 0.25) is 0 Å². The molecular weight excluding hydrogens is 314 g/mol. The van der Waals surface area contributed by atoms with Gasteiger partial charge in [-0.05, 0) is 59.8 Å². The van der Waals surface area contributed by atoms with Crippen molar-refractivity contribution in [3.63, 3.8) is 0 Å². The number of nitrogens with one attached hydrogen (secondary N) is 1. The Kier molecular flexibility index (Phi) is 4.34. The van der Waals surface area contributed by atoms with Crippen LogP contribution in [0.4, 0.5) is 4.79 Å². The van der Waals surface area contributed by atoms with Crippen molar-refractivity contribution >= 4 is 29.0 Å². The molecule has 0 radical (unpaired) electrons. The second-order valence-corrected chi connectivity index (χ2v) is 5.71. The largest absolute Gasteiger partial charge is 0.497 e. The quantitative estimate of drug-likeness (QED) is 0.865. The summed E-state index contributed by atoms with van der Waals surface area (Å²) >= 11 is 0.897. The molecule has 0 spiro atoms. The Morgan fingerprint density at radius 1 is 0.913 bits per heavy atom. The molecule has 2 aromatic carbocycles. The molecule has 1 heterocycles. The summed E-state index contributed by atoms with van der Waals surface area (Å²) in [6.45, 7) is 0. The maximum atomic E-state index is 11.5. The Morgan fingerprint density at radius 3 is 2.00 bits per heavy atom. The van der Waals surface area contributed by atoms with Crippen molar-refractivity contribution in [2.45, 2.75) is 0 Å². The van der Waals surface area contributed by atoms with Gasteiger partial charge in [0, 0.05) is 0 Å². The van der Waals surface area contributed by atoms with Crippen LogP contribution >= 0.6 is 11.8 Å². The second-order valence-electron chi connectivity index (χ2n) is 4.70. The van der Waals surface area contributed by atoms with Gasteiger partial charge < -0.3 is 9.47 Å². The number of carbonyl (C=O) groups is 2. The minimum atomic E-state index is -0.362. The van der Waals surface area contributed by atoms with Crippen LogP contribution in [0, 0.1) is 0 Å². The number of carbonyl (C=O) groups excluding carboxylic acids is 2. The van der Waals surface area contributed by atoms with Gasteiger partial charge in [-0.25, -0.2) is 0 Å². The molecule has 1 N–H and O–H groups in total. The van der Waals surface area contributed by atoms with Crippen LogP contribution in [-0.4, -0.2) is 18.3 Å². The van der Waals surface area contributed by atoms with E-state index in [1.165, 1.54) is 0 Å². The lowest BCUT2D eigenvalue weighted by atomic mass is 10.2. The van der Waals surface area contributed by atoms with Crippen LogP contribution in [0.3, 0.4) is 0 Å². The molecule has 1 aliphatic rings. The van der Waals surface area contributed by atoms with Gasteiger partial charge in [0.1, 0.15) is 17.2 Å². The predicted molar refractivity (Wildman–Crippen MR) is 88.6 cm³/mol. The van der Waals surface area contributed by atoms with E-state index in [2.05, 4.69) is 5.32 Å². The SMILES string of the molecule is COc1ccc(Oc2ccc(C=C3SC(=O)NC3=O)cc2)cc1. The van der Waals surface area contributed by atoms with E-state index < -0.39 is 0 Å². The molecule has 3 rings (SSSR count). The molecule has 0 saturated carbocycles. The summed E-state index contributed by atoms with van der Waals surface area (Å²) in [7, 11) is 1.61. The molecule has 116 valence electrons. The maximum absolute atomic E-state index is 11.5. The zero-order chi connectivity index (χ0) is 16.2. The number of ether oxygens (including phenoxy) is 2. The smallest absolute Gasteiger partial charge is 0.290 e. The summed E-state index contributed by atoms with van der Waals surface area (Å²) in [6, 6.07) is 14.5. The van der Waals surface area contributed by atoms with Crippen LogP contribution in [0.5, 0.6) is 17.2 Å². The van der Waals surface area contributed by atoms with E-state index in [0.29, 0.717) is 16.4 Å². The number of benzene rings is 2. The van der Waals surface area contributed by atoms with Gasteiger partial charge in [-0.2, -0.15) is 0 Å². The molecule has 23 heavy (non-hydrogen) atoms.